The summed E-state index contributed by atoms with van der Waals surface area (Å²) in [4.78, 5) is 37.1. The summed E-state index contributed by atoms with van der Waals surface area (Å²) in [5.41, 5.74) is 0. The lowest BCUT2D eigenvalue weighted by molar-refractivity contribution is -0.157. The molecule has 0 aliphatic carbocycles. The van der Waals surface area contributed by atoms with Gasteiger partial charge in [-0.15, -0.1) is 11.3 Å². The van der Waals surface area contributed by atoms with Gasteiger partial charge < -0.3 is 9.64 Å². The smallest absolute Gasteiger partial charge is 0.341 e. The molecule has 1 aliphatic heterocycles. The zero-order valence-electron chi connectivity index (χ0n) is 12.3. The van der Waals surface area contributed by atoms with Gasteiger partial charge in [0.15, 0.2) is 5.78 Å². The fourth-order valence-electron chi connectivity index (χ4n) is 2.25. The monoisotopic (exact) mass is 327 g/mol. The van der Waals surface area contributed by atoms with E-state index in [1.807, 2.05) is 5.38 Å². The minimum absolute atomic E-state index is 0.0599. The average Bonchev–Trinajstić information content (AvgIpc) is 2.97. The number of esters is 1. The zero-order valence-corrected chi connectivity index (χ0v) is 13.1. The van der Waals surface area contributed by atoms with Crippen molar-refractivity contribution in [2.24, 2.45) is 5.92 Å². The molecule has 5 nitrogen and oxygen atoms in total. The quantitative estimate of drug-likeness (QED) is 0.568. The standard InChI is InChI=1S/C15H18FNO4S/c1-2-21-15(20)14(16)10-8-17(9-10)13(19)6-5-11(18)12-4-3-7-22-12/h3-4,7,10,14H,2,5-6,8-9H2,1H3. The topological polar surface area (TPSA) is 63.7 Å². The third-order valence-electron chi connectivity index (χ3n) is 3.55. The fourth-order valence-corrected chi connectivity index (χ4v) is 2.95. The molecule has 1 unspecified atom stereocenters. The van der Waals surface area contributed by atoms with Crippen LogP contribution in [0.3, 0.4) is 0 Å². The molecular weight excluding hydrogens is 309 g/mol. The molecule has 1 amide bonds. The van der Waals surface area contributed by atoms with Gasteiger partial charge in [-0.3, -0.25) is 9.59 Å². The normalized spacial score (nSPS) is 16.0. The summed E-state index contributed by atoms with van der Waals surface area (Å²) in [5.74, 6) is -1.61. The summed E-state index contributed by atoms with van der Waals surface area (Å²) < 4.78 is 18.3. The minimum atomic E-state index is -1.68. The van der Waals surface area contributed by atoms with Gasteiger partial charge in [0.1, 0.15) is 0 Å². The Morgan fingerprint density at radius 2 is 2.14 bits per heavy atom. The van der Waals surface area contributed by atoms with E-state index < -0.39 is 18.1 Å². The first-order chi connectivity index (χ1) is 10.5. The molecule has 0 aromatic carbocycles. The second-order valence-corrected chi connectivity index (χ2v) is 6.06. The predicted octanol–water partition coefficient (Wildman–Crippen LogP) is 2.07. The van der Waals surface area contributed by atoms with Crippen molar-refractivity contribution in [3.05, 3.63) is 22.4 Å². The molecule has 0 N–H and O–H groups in total. The molecule has 1 aromatic rings. The second kappa shape index (κ2) is 7.49. The Labute approximate surface area is 132 Å². The van der Waals surface area contributed by atoms with Crippen molar-refractivity contribution in [3.8, 4) is 0 Å². The number of alkyl halides is 1. The third-order valence-corrected chi connectivity index (χ3v) is 4.46. The summed E-state index contributed by atoms with van der Waals surface area (Å²) in [6.45, 7) is 2.16. The highest BCUT2D eigenvalue weighted by atomic mass is 32.1. The van der Waals surface area contributed by atoms with E-state index in [0.29, 0.717) is 4.88 Å². The van der Waals surface area contributed by atoms with Gasteiger partial charge in [-0.25, -0.2) is 9.18 Å². The Kier molecular flexibility index (Phi) is 5.65. The summed E-state index contributed by atoms with van der Waals surface area (Å²) in [6, 6.07) is 3.51. The van der Waals surface area contributed by atoms with Crippen LogP contribution in [-0.2, 0) is 14.3 Å². The summed E-state index contributed by atoms with van der Waals surface area (Å²) in [6.07, 6.45) is -1.42. The highest BCUT2D eigenvalue weighted by molar-refractivity contribution is 7.12. The van der Waals surface area contributed by atoms with Crippen LogP contribution in [0.1, 0.15) is 29.4 Å². The molecule has 0 bridgehead atoms. The van der Waals surface area contributed by atoms with E-state index in [0.717, 1.165) is 0 Å². The lowest BCUT2D eigenvalue weighted by Gasteiger charge is -2.40. The van der Waals surface area contributed by atoms with Crippen molar-refractivity contribution >= 4 is 29.0 Å². The molecule has 1 aromatic heterocycles. The third kappa shape index (κ3) is 3.91. The molecule has 0 spiro atoms. The number of nitrogens with zero attached hydrogens (tertiary/aromatic N) is 1. The Balaban J connectivity index is 1.70. The number of hydrogen-bond donors (Lipinski definition) is 0. The number of rotatable bonds is 7. The number of ketones is 1. The minimum Gasteiger partial charge on any atom is -0.464 e. The summed E-state index contributed by atoms with van der Waals surface area (Å²) in [5, 5.41) is 1.81. The van der Waals surface area contributed by atoms with Gasteiger partial charge in [0, 0.05) is 31.8 Å². The highest BCUT2D eigenvalue weighted by Gasteiger charge is 2.40. The van der Waals surface area contributed by atoms with Gasteiger partial charge in [-0.2, -0.15) is 0 Å². The molecule has 1 atom stereocenters. The summed E-state index contributed by atoms with van der Waals surface area (Å²) >= 11 is 1.35. The van der Waals surface area contributed by atoms with E-state index >= 15 is 0 Å². The molecule has 2 heterocycles. The largest absolute Gasteiger partial charge is 0.464 e. The van der Waals surface area contributed by atoms with E-state index in [-0.39, 0.29) is 44.2 Å². The van der Waals surface area contributed by atoms with Crippen LogP contribution in [0, 0.1) is 5.92 Å². The van der Waals surface area contributed by atoms with E-state index in [9.17, 15) is 18.8 Å². The number of hydrogen-bond acceptors (Lipinski definition) is 5. The van der Waals surface area contributed by atoms with Crippen LogP contribution < -0.4 is 0 Å². The van der Waals surface area contributed by atoms with Crippen LogP contribution in [0.4, 0.5) is 4.39 Å². The van der Waals surface area contributed by atoms with Crippen molar-refractivity contribution < 1.29 is 23.5 Å². The molecule has 0 radical (unpaired) electrons. The molecule has 1 aliphatic rings. The van der Waals surface area contributed by atoms with Gasteiger partial charge in [0.05, 0.1) is 11.5 Å². The van der Waals surface area contributed by atoms with E-state index in [4.69, 9.17) is 0 Å². The number of amides is 1. The Morgan fingerprint density at radius 1 is 1.41 bits per heavy atom. The number of likely N-dealkylation sites (tertiary alicyclic amines) is 1. The maximum Gasteiger partial charge on any atom is 0.341 e. The number of carbonyl (C=O) groups is 3. The molecule has 2 rings (SSSR count). The van der Waals surface area contributed by atoms with Gasteiger partial charge in [0.2, 0.25) is 12.1 Å². The highest BCUT2D eigenvalue weighted by Crippen LogP contribution is 2.24. The number of ether oxygens (including phenoxy) is 1. The van der Waals surface area contributed by atoms with Crippen molar-refractivity contribution in [1.29, 1.82) is 0 Å². The zero-order chi connectivity index (χ0) is 16.1. The van der Waals surface area contributed by atoms with Crippen molar-refractivity contribution in [3.63, 3.8) is 0 Å². The molecular formula is C15H18FNO4S. The van der Waals surface area contributed by atoms with Gasteiger partial charge in [0.25, 0.3) is 0 Å². The SMILES string of the molecule is CCOC(=O)C(F)C1CN(C(=O)CCC(=O)c2cccs2)C1. The van der Waals surface area contributed by atoms with Crippen LogP contribution >= 0.6 is 11.3 Å². The number of thiophene rings is 1. The van der Waals surface area contributed by atoms with Gasteiger partial charge >= 0.3 is 5.97 Å². The molecule has 7 heteroatoms. The van der Waals surface area contributed by atoms with Gasteiger partial charge in [-0.05, 0) is 18.4 Å². The number of carbonyl (C=O) groups excluding carboxylic acids is 3. The Bertz CT molecular complexity index is 540. The maximum atomic E-state index is 13.7. The van der Waals surface area contributed by atoms with Crippen molar-refractivity contribution in [2.45, 2.75) is 25.9 Å². The first-order valence-electron chi connectivity index (χ1n) is 7.18. The molecule has 1 saturated heterocycles. The first kappa shape index (κ1) is 16.6. The second-order valence-electron chi connectivity index (χ2n) is 5.11. The molecule has 0 saturated carbocycles. The van der Waals surface area contributed by atoms with Crippen LogP contribution in [0.2, 0.25) is 0 Å². The van der Waals surface area contributed by atoms with Crippen LogP contribution in [0.25, 0.3) is 0 Å². The van der Waals surface area contributed by atoms with Gasteiger partial charge in [-0.1, -0.05) is 6.07 Å². The lowest BCUT2D eigenvalue weighted by atomic mass is 9.94. The van der Waals surface area contributed by atoms with E-state index in [2.05, 4.69) is 4.74 Å². The molecule has 1 fully saturated rings. The Hall–Kier alpha value is -1.76. The predicted molar refractivity (Wildman–Crippen MR) is 79.5 cm³/mol. The van der Waals surface area contributed by atoms with E-state index in [1.54, 1.807) is 19.1 Å². The van der Waals surface area contributed by atoms with Crippen molar-refractivity contribution in [2.75, 3.05) is 19.7 Å². The van der Waals surface area contributed by atoms with Crippen LogP contribution in [-0.4, -0.2) is 48.4 Å². The van der Waals surface area contributed by atoms with Crippen LogP contribution in [0.5, 0.6) is 0 Å². The first-order valence-corrected chi connectivity index (χ1v) is 8.06. The molecule has 22 heavy (non-hydrogen) atoms. The fraction of sp³-hybridized carbons (Fsp3) is 0.533. The van der Waals surface area contributed by atoms with Crippen molar-refractivity contribution in [1.82, 2.24) is 4.90 Å². The summed E-state index contributed by atoms with van der Waals surface area (Å²) in [7, 11) is 0. The lowest BCUT2D eigenvalue weighted by Crippen LogP contribution is -2.55. The maximum absolute atomic E-state index is 13.7. The van der Waals surface area contributed by atoms with E-state index in [1.165, 1.54) is 16.2 Å². The Morgan fingerprint density at radius 3 is 2.73 bits per heavy atom. The number of Topliss-reactive ketones (excluding diaryl/α,β-unsaturated/α-hetero) is 1. The number of halogens is 1. The average molecular weight is 327 g/mol. The molecule has 120 valence electrons. The van der Waals surface area contributed by atoms with Crippen LogP contribution in [0.15, 0.2) is 17.5 Å².